The molecular weight excluding hydrogens is 466 g/mol. The van der Waals surface area contributed by atoms with Crippen LogP contribution in [0.4, 0.5) is 5.69 Å². The number of thioether (sulfide) groups is 1. The van der Waals surface area contributed by atoms with Gasteiger partial charge in [0.2, 0.25) is 5.91 Å². The summed E-state index contributed by atoms with van der Waals surface area (Å²) in [5.41, 5.74) is 7.45. The van der Waals surface area contributed by atoms with Crippen molar-refractivity contribution in [3.63, 3.8) is 0 Å². The number of carbonyl (C=O) groups is 1. The highest BCUT2D eigenvalue weighted by Gasteiger charge is 2.22. The van der Waals surface area contributed by atoms with Crippen LogP contribution in [0.1, 0.15) is 11.4 Å². The maximum atomic E-state index is 13.0. The van der Waals surface area contributed by atoms with Gasteiger partial charge in [-0.1, -0.05) is 90.6 Å². The van der Waals surface area contributed by atoms with Crippen molar-refractivity contribution in [1.29, 1.82) is 0 Å². The summed E-state index contributed by atoms with van der Waals surface area (Å²) in [7, 11) is 1.87. The van der Waals surface area contributed by atoms with E-state index in [-0.39, 0.29) is 11.7 Å². The van der Waals surface area contributed by atoms with E-state index in [1.54, 1.807) is 4.68 Å². The zero-order valence-electron chi connectivity index (χ0n) is 20.5. The monoisotopic (exact) mass is 493 g/mol. The zero-order chi connectivity index (χ0) is 25.1. The minimum Gasteiger partial charge on any atom is -0.322 e. The summed E-state index contributed by atoms with van der Waals surface area (Å²) in [5.74, 6) is 0.129. The molecule has 1 N–H and O–H groups in total. The number of nitrogens with one attached hydrogen (secondary N) is 1. The van der Waals surface area contributed by atoms with E-state index in [4.69, 9.17) is 4.98 Å². The summed E-state index contributed by atoms with van der Waals surface area (Å²) in [4.78, 5) is 18.1. The maximum absolute atomic E-state index is 13.0. The van der Waals surface area contributed by atoms with Crippen LogP contribution in [0, 0.1) is 13.8 Å². The molecule has 0 radical (unpaired) electrons. The lowest BCUT2D eigenvalue weighted by Crippen LogP contribution is -2.15. The summed E-state index contributed by atoms with van der Waals surface area (Å²) in [5, 5.41) is 8.19. The number of aryl methyl sites for hydroxylation is 2. The number of anilines is 1. The molecule has 180 valence electrons. The van der Waals surface area contributed by atoms with Crippen LogP contribution < -0.4 is 5.32 Å². The van der Waals surface area contributed by atoms with Crippen LogP contribution in [0.2, 0.25) is 0 Å². The molecule has 0 spiro atoms. The number of carbonyl (C=O) groups excluding carboxylic acids is 1. The van der Waals surface area contributed by atoms with Gasteiger partial charge in [0.25, 0.3) is 0 Å². The minimum atomic E-state index is -0.0932. The first kappa shape index (κ1) is 23.6. The van der Waals surface area contributed by atoms with E-state index in [1.807, 2.05) is 75.5 Å². The van der Waals surface area contributed by atoms with Crippen LogP contribution >= 0.6 is 11.8 Å². The van der Waals surface area contributed by atoms with Crippen molar-refractivity contribution in [2.75, 3.05) is 11.1 Å². The van der Waals surface area contributed by atoms with E-state index in [0.29, 0.717) is 0 Å². The van der Waals surface area contributed by atoms with Gasteiger partial charge in [-0.3, -0.25) is 14.0 Å². The number of hydrogen-bond acceptors (Lipinski definition) is 4. The molecule has 2 heterocycles. The number of imidazole rings is 1. The molecule has 2 aromatic heterocycles. The molecule has 0 unspecified atom stereocenters. The molecule has 1 amide bonds. The number of amides is 1. The third kappa shape index (κ3) is 4.70. The molecule has 0 fully saturated rings. The summed E-state index contributed by atoms with van der Waals surface area (Å²) < 4.78 is 3.93. The number of nitrogens with zero attached hydrogens (tertiary/aromatic N) is 4. The molecule has 0 aliphatic rings. The van der Waals surface area contributed by atoms with Gasteiger partial charge in [0, 0.05) is 23.9 Å². The minimum absolute atomic E-state index is 0.0932. The standard InChI is InChI=1S/C29H27N5OS/c1-20-26(21(2)33(3)32-20)30-25(35)19-36-29-31-27(22-13-7-4-8-14-22)28(23-15-9-5-10-16-23)34(29)24-17-11-6-12-18-24/h4-18H,19H2,1-3H3,(H,30,35). The fraction of sp³-hybridized carbons (Fsp3) is 0.138. The number of benzene rings is 3. The lowest BCUT2D eigenvalue weighted by molar-refractivity contribution is -0.113. The Hall–Kier alpha value is -4.10. The largest absolute Gasteiger partial charge is 0.322 e. The molecule has 3 aromatic carbocycles. The van der Waals surface area contributed by atoms with Gasteiger partial charge in [0.15, 0.2) is 5.16 Å². The third-order valence-electron chi connectivity index (χ3n) is 6.06. The Morgan fingerprint density at radius 3 is 2.03 bits per heavy atom. The number of aromatic nitrogens is 4. The van der Waals surface area contributed by atoms with E-state index in [9.17, 15) is 4.79 Å². The molecule has 0 bridgehead atoms. The first-order valence-electron chi connectivity index (χ1n) is 11.7. The van der Waals surface area contributed by atoms with Crippen molar-refractivity contribution < 1.29 is 4.79 Å². The predicted molar refractivity (Wildman–Crippen MR) is 146 cm³/mol. The van der Waals surface area contributed by atoms with E-state index in [1.165, 1.54) is 11.8 Å². The number of hydrogen-bond donors (Lipinski definition) is 1. The summed E-state index contributed by atoms with van der Waals surface area (Å²) in [6.45, 7) is 3.85. The molecule has 0 saturated heterocycles. The van der Waals surface area contributed by atoms with E-state index >= 15 is 0 Å². The molecule has 5 aromatic rings. The SMILES string of the molecule is Cc1nn(C)c(C)c1NC(=O)CSc1nc(-c2ccccc2)c(-c2ccccc2)n1-c1ccccc1. The molecule has 7 heteroatoms. The summed E-state index contributed by atoms with van der Waals surface area (Å²) in [6, 6.07) is 30.6. The van der Waals surface area contributed by atoms with Crippen molar-refractivity contribution in [2.24, 2.45) is 7.05 Å². The highest BCUT2D eigenvalue weighted by molar-refractivity contribution is 7.99. The second-order valence-corrected chi connectivity index (χ2v) is 9.44. The Balaban J connectivity index is 1.56. The lowest BCUT2D eigenvalue weighted by Gasteiger charge is -2.13. The fourth-order valence-corrected chi connectivity index (χ4v) is 5.05. The van der Waals surface area contributed by atoms with Crippen molar-refractivity contribution in [3.05, 3.63) is 102 Å². The predicted octanol–water partition coefficient (Wildman–Crippen LogP) is 6.29. The normalized spacial score (nSPS) is 11.0. The Morgan fingerprint density at radius 1 is 0.861 bits per heavy atom. The van der Waals surface area contributed by atoms with Crippen molar-refractivity contribution >= 4 is 23.4 Å². The second-order valence-electron chi connectivity index (χ2n) is 8.50. The molecule has 6 nitrogen and oxygen atoms in total. The molecular formula is C29H27N5OS. The first-order valence-corrected chi connectivity index (χ1v) is 12.7. The Bertz CT molecular complexity index is 1490. The average molecular weight is 494 g/mol. The smallest absolute Gasteiger partial charge is 0.234 e. The highest BCUT2D eigenvalue weighted by atomic mass is 32.2. The number of para-hydroxylation sites is 1. The molecule has 5 rings (SSSR count). The van der Waals surface area contributed by atoms with E-state index < -0.39 is 0 Å². The van der Waals surface area contributed by atoms with Crippen LogP contribution in [0.3, 0.4) is 0 Å². The van der Waals surface area contributed by atoms with Crippen molar-refractivity contribution in [1.82, 2.24) is 19.3 Å². The second kappa shape index (κ2) is 10.3. The Morgan fingerprint density at radius 2 is 1.44 bits per heavy atom. The van der Waals surface area contributed by atoms with Gasteiger partial charge in [-0.25, -0.2) is 4.98 Å². The molecule has 0 atom stereocenters. The van der Waals surface area contributed by atoms with E-state index in [2.05, 4.69) is 51.4 Å². The lowest BCUT2D eigenvalue weighted by atomic mass is 10.0. The van der Waals surface area contributed by atoms with Crippen LogP contribution in [0.15, 0.2) is 96.2 Å². The molecule has 0 aliphatic heterocycles. The van der Waals surface area contributed by atoms with Gasteiger partial charge in [0.1, 0.15) is 0 Å². The highest BCUT2D eigenvalue weighted by Crippen LogP contribution is 2.38. The first-order chi connectivity index (χ1) is 17.5. The van der Waals surface area contributed by atoms with Crippen molar-refractivity contribution in [3.8, 4) is 28.2 Å². The van der Waals surface area contributed by atoms with Crippen LogP contribution in [0.25, 0.3) is 28.2 Å². The van der Waals surface area contributed by atoms with Gasteiger partial charge >= 0.3 is 0 Å². The molecule has 36 heavy (non-hydrogen) atoms. The van der Waals surface area contributed by atoms with Gasteiger partial charge in [-0.05, 0) is 26.0 Å². The maximum Gasteiger partial charge on any atom is 0.234 e. The average Bonchev–Trinajstić information content (AvgIpc) is 3.41. The molecule has 0 saturated carbocycles. The topological polar surface area (TPSA) is 64.7 Å². The van der Waals surface area contributed by atoms with Gasteiger partial charge in [-0.15, -0.1) is 0 Å². The van der Waals surface area contributed by atoms with E-state index in [0.717, 1.165) is 50.4 Å². The van der Waals surface area contributed by atoms with Gasteiger partial charge in [0.05, 0.1) is 34.2 Å². The fourth-order valence-electron chi connectivity index (χ4n) is 4.23. The Labute approximate surface area is 215 Å². The van der Waals surface area contributed by atoms with Crippen LogP contribution in [0.5, 0.6) is 0 Å². The van der Waals surface area contributed by atoms with Gasteiger partial charge < -0.3 is 5.32 Å². The number of rotatable bonds is 7. The third-order valence-corrected chi connectivity index (χ3v) is 7.00. The van der Waals surface area contributed by atoms with Gasteiger partial charge in [-0.2, -0.15) is 5.10 Å². The summed E-state index contributed by atoms with van der Waals surface area (Å²) in [6.07, 6.45) is 0. The Kier molecular flexibility index (Phi) is 6.73. The molecule has 0 aliphatic carbocycles. The quantitative estimate of drug-likeness (QED) is 0.271. The van der Waals surface area contributed by atoms with Crippen LogP contribution in [-0.2, 0) is 11.8 Å². The zero-order valence-corrected chi connectivity index (χ0v) is 21.3. The van der Waals surface area contributed by atoms with Crippen molar-refractivity contribution in [2.45, 2.75) is 19.0 Å². The summed E-state index contributed by atoms with van der Waals surface area (Å²) >= 11 is 1.42. The van der Waals surface area contributed by atoms with Crippen LogP contribution in [-0.4, -0.2) is 31.0 Å².